The van der Waals surface area contributed by atoms with Crippen LogP contribution in [0.4, 0.5) is 0 Å². The van der Waals surface area contributed by atoms with Crippen molar-refractivity contribution in [2.45, 2.75) is 44.4 Å². The number of aliphatic hydroxyl groups excluding tert-OH is 2. The molecule has 0 aromatic heterocycles. The van der Waals surface area contributed by atoms with Crippen LogP contribution in [0.25, 0.3) is 0 Å². The summed E-state index contributed by atoms with van der Waals surface area (Å²) in [4.78, 5) is 7.67. The molecule has 3 heterocycles. The summed E-state index contributed by atoms with van der Waals surface area (Å²) in [5, 5.41) is 19.1. The van der Waals surface area contributed by atoms with Crippen molar-refractivity contribution >= 4 is 0 Å². The van der Waals surface area contributed by atoms with Gasteiger partial charge in [0.1, 0.15) is 0 Å². The number of likely N-dealkylation sites (tertiary alicyclic amines) is 1. The summed E-state index contributed by atoms with van der Waals surface area (Å²) < 4.78 is 0. The van der Waals surface area contributed by atoms with Crippen molar-refractivity contribution in [3.05, 3.63) is 0 Å². The fourth-order valence-electron chi connectivity index (χ4n) is 4.69. The zero-order valence-electron chi connectivity index (χ0n) is 13.5. The molecule has 0 amide bonds. The highest BCUT2D eigenvalue weighted by Gasteiger charge is 2.55. The molecule has 0 aromatic carbocycles. The van der Waals surface area contributed by atoms with E-state index in [4.69, 9.17) is 5.11 Å². The summed E-state index contributed by atoms with van der Waals surface area (Å²) in [6.07, 6.45) is 1.67. The van der Waals surface area contributed by atoms with Gasteiger partial charge in [-0.25, -0.2) is 0 Å². The van der Waals surface area contributed by atoms with E-state index < -0.39 is 0 Å². The van der Waals surface area contributed by atoms with Crippen LogP contribution in [-0.4, -0.2) is 95.0 Å². The average Bonchev–Trinajstić information content (AvgIpc) is 2.73. The molecule has 0 radical (unpaired) electrons. The minimum absolute atomic E-state index is 0.141. The van der Waals surface area contributed by atoms with Gasteiger partial charge in [-0.05, 0) is 18.8 Å². The fraction of sp³-hybridized carbons (Fsp3) is 1.00. The molecule has 2 N–H and O–H groups in total. The Morgan fingerprint density at radius 3 is 2.52 bits per heavy atom. The van der Waals surface area contributed by atoms with E-state index >= 15 is 0 Å². The number of aliphatic hydroxyl groups is 2. The topological polar surface area (TPSA) is 50.2 Å². The lowest BCUT2D eigenvalue weighted by Gasteiger charge is -2.61. The average molecular weight is 297 g/mol. The molecular formula is C16H31N3O2. The molecule has 21 heavy (non-hydrogen) atoms. The Kier molecular flexibility index (Phi) is 4.58. The molecule has 1 spiro atoms. The van der Waals surface area contributed by atoms with Crippen molar-refractivity contribution in [3.8, 4) is 0 Å². The predicted molar refractivity (Wildman–Crippen MR) is 83.3 cm³/mol. The van der Waals surface area contributed by atoms with Crippen molar-refractivity contribution < 1.29 is 10.2 Å². The van der Waals surface area contributed by atoms with E-state index in [0.29, 0.717) is 12.0 Å². The standard InChI is InChI=1S/C16H31N3O2/c1-13(2)7-18-8-14-6-15(21)9-19(14)16(12-18)10-17(11-16)4-3-5-20/h13-15,20-21H,3-12H2,1-2H3. The van der Waals surface area contributed by atoms with Crippen LogP contribution in [-0.2, 0) is 0 Å². The molecule has 2 unspecified atom stereocenters. The number of hydrogen-bond donors (Lipinski definition) is 2. The van der Waals surface area contributed by atoms with Gasteiger partial charge >= 0.3 is 0 Å². The van der Waals surface area contributed by atoms with Crippen LogP contribution in [0, 0.1) is 5.92 Å². The Hall–Kier alpha value is -0.200. The monoisotopic (exact) mass is 297 g/mol. The second-order valence-electron chi connectivity index (χ2n) is 7.80. The Balaban J connectivity index is 1.65. The third-order valence-electron chi connectivity index (χ3n) is 5.28. The third-order valence-corrected chi connectivity index (χ3v) is 5.28. The van der Waals surface area contributed by atoms with Gasteiger partial charge in [0.05, 0.1) is 11.6 Å². The molecule has 0 bridgehead atoms. The van der Waals surface area contributed by atoms with E-state index in [9.17, 15) is 5.11 Å². The maximum absolute atomic E-state index is 10.1. The Bertz CT molecular complexity index is 357. The van der Waals surface area contributed by atoms with E-state index in [-0.39, 0.29) is 18.2 Å². The first-order chi connectivity index (χ1) is 10.0. The van der Waals surface area contributed by atoms with Gasteiger partial charge in [0, 0.05) is 58.5 Å². The van der Waals surface area contributed by atoms with Crippen LogP contribution in [0.5, 0.6) is 0 Å². The van der Waals surface area contributed by atoms with E-state index in [1.54, 1.807) is 0 Å². The largest absolute Gasteiger partial charge is 0.396 e. The predicted octanol–water partition coefficient (Wildman–Crippen LogP) is -0.170. The quantitative estimate of drug-likeness (QED) is 0.738. The fourth-order valence-corrected chi connectivity index (χ4v) is 4.69. The van der Waals surface area contributed by atoms with Crippen LogP contribution in [0.3, 0.4) is 0 Å². The number of hydrogen-bond acceptors (Lipinski definition) is 5. The lowest BCUT2D eigenvalue weighted by molar-refractivity contribution is -0.115. The van der Waals surface area contributed by atoms with E-state index in [2.05, 4.69) is 28.5 Å². The third kappa shape index (κ3) is 3.13. The van der Waals surface area contributed by atoms with Gasteiger partial charge in [-0.1, -0.05) is 13.8 Å². The smallest absolute Gasteiger partial charge is 0.0682 e. The van der Waals surface area contributed by atoms with Gasteiger partial charge < -0.3 is 10.2 Å². The van der Waals surface area contributed by atoms with Crippen molar-refractivity contribution in [1.29, 1.82) is 0 Å². The normalized spacial score (nSPS) is 33.6. The molecule has 3 rings (SSSR count). The van der Waals surface area contributed by atoms with Crippen LogP contribution in [0.15, 0.2) is 0 Å². The second-order valence-corrected chi connectivity index (χ2v) is 7.80. The Morgan fingerprint density at radius 1 is 1.14 bits per heavy atom. The van der Waals surface area contributed by atoms with Crippen LogP contribution in [0.2, 0.25) is 0 Å². The van der Waals surface area contributed by atoms with Gasteiger partial charge in [-0.3, -0.25) is 14.7 Å². The molecule has 3 aliphatic rings. The van der Waals surface area contributed by atoms with Gasteiger partial charge in [0.15, 0.2) is 0 Å². The summed E-state index contributed by atoms with van der Waals surface area (Å²) in [5.74, 6) is 0.700. The van der Waals surface area contributed by atoms with E-state index in [0.717, 1.165) is 52.1 Å². The molecule has 2 atom stereocenters. The highest BCUT2D eigenvalue weighted by Crippen LogP contribution is 2.38. The molecule has 3 fully saturated rings. The summed E-state index contributed by atoms with van der Waals surface area (Å²) in [6.45, 7) is 12.4. The minimum atomic E-state index is -0.141. The van der Waals surface area contributed by atoms with Gasteiger partial charge in [0.25, 0.3) is 0 Å². The molecular weight excluding hydrogens is 266 g/mol. The number of fused-ring (bicyclic) bond motifs is 2. The summed E-state index contributed by atoms with van der Waals surface area (Å²) in [6, 6.07) is 0.535. The molecule has 5 nitrogen and oxygen atoms in total. The van der Waals surface area contributed by atoms with E-state index in [1.807, 2.05) is 0 Å². The number of rotatable bonds is 5. The highest BCUT2D eigenvalue weighted by atomic mass is 16.3. The Morgan fingerprint density at radius 2 is 1.86 bits per heavy atom. The summed E-state index contributed by atoms with van der Waals surface area (Å²) in [5.41, 5.74) is 0.255. The van der Waals surface area contributed by atoms with Crippen molar-refractivity contribution in [3.63, 3.8) is 0 Å². The first-order valence-corrected chi connectivity index (χ1v) is 8.53. The number of nitrogens with zero attached hydrogens (tertiary/aromatic N) is 3. The molecule has 122 valence electrons. The first-order valence-electron chi connectivity index (χ1n) is 8.53. The highest BCUT2D eigenvalue weighted by molar-refractivity contribution is 5.13. The van der Waals surface area contributed by atoms with Gasteiger partial charge in [-0.15, -0.1) is 0 Å². The zero-order valence-corrected chi connectivity index (χ0v) is 13.5. The van der Waals surface area contributed by atoms with E-state index in [1.165, 1.54) is 6.54 Å². The van der Waals surface area contributed by atoms with Crippen molar-refractivity contribution in [2.75, 3.05) is 52.4 Å². The molecule has 0 aromatic rings. The number of β-amino-alcohol motifs (C(OH)–C–C–N with tert-alkyl or cyclic N) is 1. The van der Waals surface area contributed by atoms with Gasteiger partial charge in [-0.2, -0.15) is 0 Å². The lowest BCUT2D eigenvalue weighted by Crippen LogP contribution is -2.78. The summed E-state index contributed by atoms with van der Waals surface area (Å²) in [7, 11) is 0. The molecule has 3 aliphatic heterocycles. The van der Waals surface area contributed by atoms with Gasteiger partial charge in [0.2, 0.25) is 0 Å². The Labute approximate surface area is 128 Å². The lowest BCUT2D eigenvalue weighted by atomic mass is 9.83. The molecule has 3 saturated heterocycles. The van der Waals surface area contributed by atoms with Crippen LogP contribution < -0.4 is 0 Å². The maximum Gasteiger partial charge on any atom is 0.0682 e. The molecule has 0 saturated carbocycles. The first kappa shape index (κ1) is 15.7. The molecule has 5 heteroatoms. The van der Waals surface area contributed by atoms with Crippen molar-refractivity contribution in [1.82, 2.24) is 14.7 Å². The van der Waals surface area contributed by atoms with Crippen molar-refractivity contribution in [2.24, 2.45) is 5.92 Å². The number of piperazine rings is 1. The maximum atomic E-state index is 10.1. The van der Waals surface area contributed by atoms with Crippen LogP contribution >= 0.6 is 0 Å². The summed E-state index contributed by atoms with van der Waals surface area (Å²) >= 11 is 0. The minimum Gasteiger partial charge on any atom is -0.396 e. The SMILES string of the molecule is CC(C)CN1CC2CC(O)CN2C2(C1)CN(CCCO)C2. The molecule has 0 aliphatic carbocycles. The zero-order chi connectivity index (χ0) is 15.0. The second kappa shape index (κ2) is 6.13. The van der Waals surface area contributed by atoms with Crippen LogP contribution in [0.1, 0.15) is 26.7 Å².